The van der Waals surface area contributed by atoms with Gasteiger partial charge < -0.3 is 14.8 Å². The van der Waals surface area contributed by atoms with Crippen molar-refractivity contribution in [1.29, 1.82) is 0 Å². The van der Waals surface area contributed by atoms with Crippen LogP contribution in [-0.2, 0) is 9.47 Å². The van der Waals surface area contributed by atoms with Gasteiger partial charge in [0.2, 0.25) is 0 Å². The molecule has 3 rings (SSSR count). The average molecular weight is 195 g/mol. The van der Waals surface area contributed by atoms with Gasteiger partial charge in [-0.05, 0) is 26.2 Å². The van der Waals surface area contributed by atoms with Crippen molar-refractivity contribution in [2.24, 2.45) is 0 Å². The van der Waals surface area contributed by atoms with E-state index in [-0.39, 0.29) is 0 Å². The third-order valence-electron chi connectivity index (χ3n) is 3.60. The van der Waals surface area contributed by atoms with Crippen molar-refractivity contribution in [1.82, 2.24) is 5.32 Å². The normalized spacial score (nSPS) is 39.9. The molecule has 2 bridgehead atoms. The Morgan fingerprint density at radius 2 is 2.14 bits per heavy atom. The van der Waals surface area contributed by atoms with Gasteiger partial charge in [-0.2, -0.15) is 0 Å². The molecule has 0 spiro atoms. The summed E-state index contributed by atoms with van der Waals surface area (Å²) >= 11 is 0. The molecule has 3 nitrogen and oxygen atoms in total. The highest BCUT2D eigenvalue weighted by Gasteiger charge is 2.43. The van der Waals surface area contributed by atoms with Crippen LogP contribution < -0.4 is 5.32 Å². The molecule has 14 heavy (non-hydrogen) atoms. The Hall–Kier alpha value is -0.380. The van der Waals surface area contributed by atoms with Crippen LogP contribution in [0.1, 0.15) is 26.2 Å². The second-order valence-corrected chi connectivity index (χ2v) is 4.53. The van der Waals surface area contributed by atoms with Crippen molar-refractivity contribution in [3.8, 4) is 0 Å². The molecular formula is C11H17NO2. The predicted molar refractivity (Wildman–Crippen MR) is 53.0 cm³/mol. The van der Waals surface area contributed by atoms with Crippen molar-refractivity contribution in [2.45, 2.75) is 44.1 Å². The smallest absolute Gasteiger partial charge is 0.189 e. The van der Waals surface area contributed by atoms with E-state index in [4.69, 9.17) is 9.47 Å². The van der Waals surface area contributed by atoms with Gasteiger partial charge in [0.15, 0.2) is 5.79 Å². The van der Waals surface area contributed by atoms with Gasteiger partial charge >= 0.3 is 0 Å². The maximum absolute atomic E-state index is 5.70. The lowest BCUT2D eigenvalue weighted by Gasteiger charge is -2.32. The predicted octanol–water partition coefficient (Wildman–Crippen LogP) is 1.20. The summed E-state index contributed by atoms with van der Waals surface area (Å²) < 4.78 is 11.4. The Bertz CT molecular complexity index is 268. The first-order valence-corrected chi connectivity index (χ1v) is 5.52. The molecule has 3 heterocycles. The molecule has 2 fully saturated rings. The lowest BCUT2D eigenvalue weighted by Crippen LogP contribution is -2.43. The van der Waals surface area contributed by atoms with Gasteiger partial charge in [0.25, 0.3) is 0 Å². The van der Waals surface area contributed by atoms with Crippen LogP contribution in [0.3, 0.4) is 0 Å². The monoisotopic (exact) mass is 195 g/mol. The molecule has 3 heteroatoms. The number of hydrogen-bond acceptors (Lipinski definition) is 3. The molecule has 2 atom stereocenters. The average Bonchev–Trinajstić information content (AvgIpc) is 2.76. The molecule has 2 saturated heterocycles. The van der Waals surface area contributed by atoms with Gasteiger partial charge in [0.1, 0.15) is 0 Å². The second kappa shape index (κ2) is 3.05. The minimum atomic E-state index is -0.438. The summed E-state index contributed by atoms with van der Waals surface area (Å²) in [6.07, 6.45) is 5.98. The van der Waals surface area contributed by atoms with E-state index in [1.54, 1.807) is 0 Å². The van der Waals surface area contributed by atoms with E-state index < -0.39 is 5.79 Å². The molecule has 0 unspecified atom stereocenters. The molecule has 0 saturated carbocycles. The van der Waals surface area contributed by atoms with E-state index in [0.29, 0.717) is 12.1 Å². The molecular weight excluding hydrogens is 178 g/mol. The maximum atomic E-state index is 5.70. The highest BCUT2D eigenvalue weighted by atomic mass is 16.7. The summed E-state index contributed by atoms with van der Waals surface area (Å²) in [7, 11) is 0. The van der Waals surface area contributed by atoms with Crippen LogP contribution in [0.4, 0.5) is 0 Å². The number of fused-ring (bicyclic) bond motifs is 2. The van der Waals surface area contributed by atoms with Gasteiger partial charge in [-0.1, -0.05) is 6.08 Å². The van der Waals surface area contributed by atoms with Gasteiger partial charge in [-0.3, -0.25) is 0 Å². The molecule has 0 aromatic rings. The molecule has 3 aliphatic rings. The highest BCUT2D eigenvalue weighted by molar-refractivity contribution is 5.26. The third-order valence-corrected chi connectivity index (χ3v) is 3.60. The Labute approximate surface area is 84.5 Å². The van der Waals surface area contributed by atoms with Crippen LogP contribution in [0, 0.1) is 0 Å². The summed E-state index contributed by atoms with van der Waals surface area (Å²) in [5, 5.41) is 3.61. The Morgan fingerprint density at radius 3 is 2.93 bits per heavy atom. The van der Waals surface area contributed by atoms with E-state index in [0.717, 1.165) is 19.6 Å². The van der Waals surface area contributed by atoms with Crippen LogP contribution >= 0.6 is 0 Å². The number of hydrogen-bond donors (Lipinski definition) is 1. The van der Waals surface area contributed by atoms with E-state index >= 15 is 0 Å². The fraction of sp³-hybridized carbons (Fsp3) is 0.818. The fourth-order valence-corrected chi connectivity index (χ4v) is 2.84. The van der Waals surface area contributed by atoms with Crippen molar-refractivity contribution in [3.05, 3.63) is 11.6 Å². The first kappa shape index (κ1) is 8.89. The molecule has 1 N–H and O–H groups in total. The first-order valence-electron chi connectivity index (χ1n) is 5.52. The molecule has 0 aromatic carbocycles. The van der Waals surface area contributed by atoms with Crippen LogP contribution in [0.2, 0.25) is 0 Å². The SMILES string of the molecule is CC1(C2=CC[C@H]3CC[C@@H]2N3)OCCO1. The van der Waals surface area contributed by atoms with Crippen molar-refractivity contribution in [3.63, 3.8) is 0 Å². The summed E-state index contributed by atoms with van der Waals surface area (Å²) in [5.41, 5.74) is 1.32. The van der Waals surface area contributed by atoms with Gasteiger partial charge in [0.05, 0.1) is 13.2 Å². The Balaban J connectivity index is 1.87. The van der Waals surface area contributed by atoms with Gasteiger partial charge in [0, 0.05) is 17.7 Å². The lowest BCUT2D eigenvalue weighted by atomic mass is 9.96. The van der Waals surface area contributed by atoms with Crippen LogP contribution in [-0.4, -0.2) is 31.1 Å². The molecule has 0 amide bonds. The first-order chi connectivity index (χ1) is 6.78. The molecule has 0 radical (unpaired) electrons. The molecule has 0 aliphatic carbocycles. The zero-order valence-corrected chi connectivity index (χ0v) is 8.58. The van der Waals surface area contributed by atoms with E-state index in [2.05, 4.69) is 11.4 Å². The van der Waals surface area contributed by atoms with Crippen LogP contribution in [0.25, 0.3) is 0 Å². The molecule has 78 valence electrons. The van der Waals surface area contributed by atoms with E-state index in [1.807, 2.05) is 6.92 Å². The van der Waals surface area contributed by atoms with Crippen molar-refractivity contribution in [2.75, 3.05) is 13.2 Å². The number of nitrogens with one attached hydrogen (secondary N) is 1. The number of ether oxygens (including phenoxy) is 2. The van der Waals surface area contributed by atoms with Crippen molar-refractivity contribution >= 4 is 0 Å². The summed E-state index contributed by atoms with van der Waals surface area (Å²) in [6.45, 7) is 3.50. The minimum Gasteiger partial charge on any atom is -0.344 e. The van der Waals surface area contributed by atoms with Crippen LogP contribution in [0.15, 0.2) is 11.6 Å². The standard InChI is InChI=1S/C11H17NO2/c1-11(13-6-7-14-11)9-4-2-8-3-5-10(9)12-8/h4,8,10,12H,2-3,5-7H2,1H3/t8-,10-/m0/s1. The zero-order valence-electron chi connectivity index (χ0n) is 8.58. The summed E-state index contributed by atoms with van der Waals surface area (Å²) in [4.78, 5) is 0. The highest BCUT2D eigenvalue weighted by Crippen LogP contribution is 2.37. The van der Waals surface area contributed by atoms with E-state index in [1.165, 1.54) is 18.4 Å². The zero-order chi connectivity index (χ0) is 9.60. The largest absolute Gasteiger partial charge is 0.344 e. The molecule has 0 aromatic heterocycles. The lowest BCUT2D eigenvalue weighted by molar-refractivity contribution is -0.114. The minimum absolute atomic E-state index is 0.438. The third kappa shape index (κ3) is 1.23. The maximum Gasteiger partial charge on any atom is 0.189 e. The molecule has 3 aliphatic heterocycles. The van der Waals surface area contributed by atoms with Gasteiger partial charge in [-0.25, -0.2) is 0 Å². The van der Waals surface area contributed by atoms with Crippen LogP contribution in [0.5, 0.6) is 0 Å². The topological polar surface area (TPSA) is 30.5 Å². The van der Waals surface area contributed by atoms with E-state index in [9.17, 15) is 0 Å². The quantitative estimate of drug-likeness (QED) is 0.638. The second-order valence-electron chi connectivity index (χ2n) is 4.53. The summed E-state index contributed by atoms with van der Waals surface area (Å²) in [6, 6.07) is 1.20. The fourth-order valence-electron chi connectivity index (χ4n) is 2.84. The van der Waals surface area contributed by atoms with Crippen molar-refractivity contribution < 1.29 is 9.47 Å². The van der Waals surface area contributed by atoms with Gasteiger partial charge in [-0.15, -0.1) is 0 Å². The Kier molecular flexibility index (Phi) is 1.94. The summed E-state index contributed by atoms with van der Waals surface area (Å²) in [5.74, 6) is -0.438. The Morgan fingerprint density at radius 1 is 1.36 bits per heavy atom. The number of rotatable bonds is 1.